The van der Waals surface area contributed by atoms with E-state index in [4.69, 9.17) is 5.73 Å². The van der Waals surface area contributed by atoms with E-state index in [9.17, 15) is 4.79 Å². The molecule has 2 fully saturated rings. The molecule has 0 spiro atoms. The number of carbonyl (C=O) groups is 1. The molecule has 1 saturated heterocycles. The third-order valence-electron chi connectivity index (χ3n) is 4.38. The third kappa shape index (κ3) is 3.35. The lowest BCUT2D eigenvalue weighted by molar-refractivity contribution is -0.119. The quantitative estimate of drug-likeness (QED) is 0.861. The summed E-state index contributed by atoms with van der Waals surface area (Å²) in [5.74, 6) is 0.670. The van der Waals surface area contributed by atoms with Crippen LogP contribution in [0.1, 0.15) is 43.2 Å². The Kier molecular flexibility index (Phi) is 4.10. The van der Waals surface area contributed by atoms with Gasteiger partial charge in [-0.1, -0.05) is 0 Å². The highest BCUT2D eigenvalue weighted by Crippen LogP contribution is 2.26. The largest absolute Gasteiger partial charge is 0.368 e. The highest BCUT2D eigenvalue weighted by atomic mass is 16.1. The Morgan fingerprint density at radius 1 is 1.43 bits per heavy atom. The van der Waals surface area contributed by atoms with Gasteiger partial charge < -0.3 is 16.0 Å². The van der Waals surface area contributed by atoms with Crippen LogP contribution in [0.4, 0.5) is 5.82 Å². The van der Waals surface area contributed by atoms with Gasteiger partial charge in [0.15, 0.2) is 0 Å². The minimum atomic E-state index is -0.240. The van der Waals surface area contributed by atoms with Gasteiger partial charge in [0.1, 0.15) is 11.9 Å². The first kappa shape index (κ1) is 14.3. The van der Waals surface area contributed by atoms with Crippen LogP contribution in [0, 0.1) is 6.92 Å². The molecule has 1 aromatic heterocycles. The number of amides is 1. The minimum Gasteiger partial charge on any atom is -0.368 e. The molecule has 0 aromatic carbocycles. The first-order valence-corrected chi connectivity index (χ1v) is 7.90. The van der Waals surface area contributed by atoms with Gasteiger partial charge >= 0.3 is 0 Å². The fourth-order valence-electron chi connectivity index (χ4n) is 3.05. The molecule has 5 nitrogen and oxygen atoms in total. The van der Waals surface area contributed by atoms with Crippen LogP contribution in [-0.2, 0) is 11.3 Å². The normalized spacial score (nSPS) is 22.3. The van der Waals surface area contributed by atoms with Crippen molar-refractivity contribution in [2.45, 2.75) is 57.7 Å². The maximum atomic E-state index is 11.6. The van der Waals surface area contributed by atoms with Crippen molar-refractivity contribution in [3.63, 3.8) is 0 Å². The molecule has 1 aliphatic carbocycles. The van der Waals surface area contributed by atoms with Gasteiger partial charge in [0, 0.05) is 25.3 Å². The van der Waals surface area contributed by atoms with E-state index in [0.29, 0.717) is 6.04 Å². The molecule has 114 valence electrons. The molecular formula is C16H24N4O. The van der Waals surface area contributed by atoms with Crippen molar-refractivity contribution >= 4 is 11.7 Å². The third-order valence-corrected chi connectivity index (χ3v) is 4.38. The molecule has 1 aliphatic heterocycles. The Morgan fingerprint density at radius 2 is 2.24 bits per heavy atom. The van der Waals surface area contributed by atoms with Gasteiger partial charge in [-0.2, -0.15) is 0 Å². The van der Waals surface area contributed by atoms with Gasteiger partial charge in [0.25, 0.3) is 0 Å². The predicted molar refractivity (Wildman–Crippen MR) is 83.0 cm³/mol. The monoisotopic (exact) mass is 288 g/mol. The van der Waals surface area contributed by atoms with Crippen molar-refractivity contribution in [1.29, 1.82) is 0 Å². The zero-order valence-corrected chi connectivity index (χ0v) is 12.6. The average molecular weight is 288 g/mol. The van der Waals surface area contributed by atoms with E-state index in [2.05, 4.69) is 28.2 Å². The first-order valence-electron chi connectivity index (χ1n) is 7.90. The fraction of sp³-hybridized carbons (Fsp3) is 0.625. The summed E-state index contributed by atoms with van der Waals surface area (Å²) in [4.78, 5) is 18.3. The molecule has 2 aliphatic rings. The number of pyridine rings is 1. The van der Waals surface area contributed by atoms with Crippen LogP contribution >= 0.6 is 0 Å². The van der Waals surface area contributed by atoms with E-state index in [1.165, 1.54) is 18.4 Å². The lowest BCUT2D eigenvalue weighted by Gasteiger charge is -2.35. The highest BCUT2D eigenvalue weighted by molar-refractivity contribution is 5.83. The summed E-state index contributed by atoms with van der Waals surface area (Å²) in [6.07, 6.45) is 7.49. The molecular weight excluding hydrogens is 264 g/mol. The number of piperidine rings is 1. The molecule has 1 atom stereocenters. The number of nitrogens with two attached hydrogens (primary N) is 1. The number of nitrogens with zero attached hydrogens (tertiary/aromatic N) is 2. The Balaban J connectivity index is 1.75. The summed E-state index contributed by atoms with van der Waals surface area (Å²) in [5, 5.41) is 3.50. The number of nitrogens with one attached hydrogen (secondary N) is 1. The van der Waals surface area contributed by atoms with E-state index >= 15 is 0 Å². The molecule has 0 radical (unpaired) electrons. The van der Waals surface area contributed by atoms with Crippen molar-refractivity contribution in [1.82, 2.24) is 10.3 Å². The number of hydrogen-bond acceptors (Lipinski definition) is 4. The highest BCUT2D eigenvalue weighted by Gasteiger charge is 2.28. The van der Waals surface area contributed by atoms with Crippen LogP contribution in [0.15, 0.2) is 12.3 Å². The number of anilines is 1. The van der Waals surface area contributed by atoms with Crippen LogP contribution in [0.25, 0.3) is 0 Å². The van der Waals surface area contributed by atoms with E-state index in [1.54, 1.807) is 0 Å². The average Bonchev–Trinajstić information content (AvgIpc) is 3.29. The second-order valence-corrected chi connectivity index (χ2v) is 6.25. The Bertz CT molecular complexity index is 527. The molecule has 3 rings (SSSR count). The molecule has 1 unspecified atom stereocenters. The summed E-state index contributed by atoms with van der Waals surface area (Å²) in [6.45, 7) is 3.80. The van der Waals surface area contributed by atoms with E-state index in [1.807, 2.05) is 6.20 Å². The Hall–Kier alpha value is -1.62. The molecule has 3 N–H and O–H groups in total. The van der Waals surface area contributed by atoms with Crippen LogP contribution in [0.5, 0.6) is 0 Å². The number of hydrogen-bond donors (Lipinski definition) is 2. The summed E-state index contributed by atoms with van der Waals surface area (Å²) < 4.78 is 0. The number of primary amides is 1. The number of aryl methyl sites for hydroxylation is 1. The maximum absolute atomic E-state index is 11.6. The van der Waals surface area contributed by atoms with E-state index in [-0.39, 0.29) is 11.9 Å². The summed E-state index contributed by atoms with van der Waals surface area (Å²) in [6, 6.07) is 2.66. The fourth-order valence-corrected chi connectivity index (χ4v) is 3.05. The van der Waals surface area contributed by atoms with Crippen molar-refractivity contribution in [3.8, 4) is 0 Å². The van der Waals surface area contributed by atoms with Crippen molar-refractivity contribution in [2.24, 2.45) is 5.73 Å². The Labute approximate surface area is 125 Å². The van der Waals surface area contributed by atoms with Gasteiger partial charge in [0.05, 0.1) is 0 Å². The maximum Gasteiger partial charge on any atom is 0.240 e. The summed E-state index contributed by atoms with van der Waals surface area (Å²) in [5.41, 5.74) is 7.87. The van der Waals surface area contributed by atoms with Gasteiger partial charge in [0.2, 0.25) is 5.91 Å². The zero-order valence-electron chi connectivity index (χ0n) is 12.6. The molecule has 0 bridgehead atoms. The number of carbonyl (C=O) groups excluding carboxylic acids is 1. The van der Waals surface area contributed by atoms with E-state index in [0.717, 1.165) is 43.7 Å². The van der Waals surface area contributed by atoms with Crippen molar-refractivity contribution in [3.05, 3.63) is 23.4 Å². The standard InChI is InChI=1S/C16H24N4O/c1-11-8-12(9-18-13-5-6-13)10-19-16(11)20-7-3-2-4-14(20)15(17)21/h8,10,13-14,18H,2-7,9H2,1H3,(H2,17,21). The Morgan fingerprint density at radius 3 is 2.90 bits per heavy atom. The number of rotatable bonds is 5. The molecule has 2 heterocycles. The van der Waals surface area contributed by atoms with Gasteiger partial charge in [-0.15, -0.1) is 0 Å². The SMILES string of the molecule is Cc1cc(CNC2CC2)cnc1N1CCCCC1C(N)=O. The summed E-state index contributed by atoms with van der Waals surface area (Å²) in [7, 11) is 0. The zero-order chi connectivity index (χ0) is 14.8. The van der Waals surface area contributed by atoms with Crippen molar-refractivity contribution in [2.75, 3.05) is 11.4 Å². The predicted octanol–water partition coefficient (Wildman–Crippen LogP) is 1.49. The minimum absolute atomic E-state index is 0.208. The van der Waals surface area contributed by atoms with Gasteiger partial charge in [-0.25, -0.2) is 4.98 Å². The van der Waals surface area contributed by atoms with E-state index < -0.39 is 0 Å². The van der Waals surface area contributed by atoms with Gasteiger partial charge in [-0.3, -0.25) is 4.79 Å². The molecule has 1 aromatic rings. The molecule has 21 heavy (non-hydrogen) atoms. The van der Waals surface area contributed by atoms with Crippen LogP contribution in [0.3, 0.4) is 0 Å². The number of aromatic nitrogens is 1. The van der Waals surface area contributed by atoms with Crippen LogP contribution in [0.2, 0.25) is 0 Å². The van der Waals surface area contributed by atoms with Crippen LogP contribution in [-0.4, -0.2) is 29.5 Å². The topological polar surface area (TPSA) is 71.2 Å². The second kappa shape index (κ2) is 6.02. The molecule has 1 saturated carbocycles. The molecule has 5 heteroatoms. The second-order valence-electron chi connectivity index (χ2n) is 6.25. The van der Waals surface area contributed by atoms with Crippen molar-refractivity contribution < 1.29 is 4.79 Å². The summed E-state index contributed by atoms with van der Waals surface area (Å²) >= 11 is 0. The lowest BCUT2D eigenvalue weighted by Crippen LogP contribution is -2.48. The first-order chi connectivity index (χ1) is 10.1. The lowest BCUT2D eigenvalue weighted by atomic mass is 10.0. The molecule has 1 amide bonds. The van der Waals surface area contributed by atoms with Gasteiger partial charge in [-0.05, 0) is 56.2 Å². The smallest absolute Gasteiger partial charge is 0.240 e. The van der Waals surface area contributed by atoms with Crippen LogP contribution < -0.4 is 16.0 Å².